The summed E-state index contributed by atoms with van der Waals surface area (Å²) < 4.78 is 37.2. The molecule has 2 heterocycles. The van der Waals surface area contributed by atoms with Crippen molar-refractivity contribution in [3.05, 3.63) is 0 Å². The molecule has 0 radical (unpaired) electrons. The standard InChI is InChI=1S/C20H40N4O4S/c1-3-16-29(25,26)24-11-6-19(7-12-24)23-20(21-4-2)22-10-5-13-28-17-18-8-14-27-15-9-18/h18-19H,3-17H2,1-2H3,(H2,21,22,23). The van der Waals surface area contributed by atoms with Crippen molar-refractivity contribution in [2.75, 3.05) is 58.4 Å². The molecule has 2 N–H and O–H groups in total. The van der Waals surface area contributed by atoms with Gasteiger partial charge in [-0.15, -0.1) is 0 Å². The lowest BCUT2D eigenvalue weighted by molar-refractivity contribution is 0.0205. The van der Waals surface area contributed by atoms with Crippen LogP contribution in [0.1, 0.15) is 52.4 Å². The maximum atomic E-state index is 12.2. The monoisotopic (exact) mass is 432 g/mol. The summed E-state index contributed by atoms with van der Waals surface area (Å²) in [5.41, 5.74) is 0. The number of guanidine groups is 1. The van der Waals surface area contributed by atoms with Crippen molar-refractivity contribution < 1.29 is 17.9 Å². The number of nitrogens with one attached hydrogen (secondary N) is 2. The van der Waals surface area contributed by atoms with Gasteiger partial charge >= 0.3 is 0 Å². The number of nitrogens with zero attached hydrogens (tertiary/aromatic N) is 2. The normalized spacial score (nSPS) is 20.7. The Labute approximate surface area is 176 Å². The van der Waals surface area contributed by atoms with E-state index in [1.165, 1.54) is 0 Å². The zero-order valence-electron chi connectivity index (χ0n) is 18.2. The number of piperidine rings is 1. The topological polar surface area (TPSA) is 92.3 Å². The SMILES string of the molecule is CCCS(=O)(=O)N1CCC(NC(=NCCCOCC2CCOCC2)NCC)CC1. The van der Waals surface area contributed by atoms with Gasteiger partial charge in [-0.25, -0.2) is 12.7 Å². The Morgan fingerprint density at radius 2 is 1.90 bits per heavy atom. The zero-order chi connectivity index (χ0) is 21.0. The van der Waals surface area contributed by atoms with Crippen LogP contribution in [0.2, 0.25) is 0 Å². The highest BCUT2D eigenvalue weighted by Gasteiger charge is 2.27. The lowest BCUT2D eigenvalue weighted by Gasteiger charge is -2.32. The van der Waals surface area contributed by atoms with Gasteiger partial charge in [0.25, 0.3) is 0 Å². The van der Waals surface area contributed by atoms with Crippen LogP contribution in [0, 0.1) is 5.92 Å². The Kier molecular flexibility index (Phi) is 11.3. The third-order valence-electron chi connectivity index (χ3n) is 5.41. The van der Waals surface area contributed by atoms with Gasteiger partial charge in [0.1, 0.15) is 0 Å². The van der Waals surface area contributed by atoms with Gasteiger partial charge < -0.3 is 20.1 Å². The lowest BCUT2D eigenvalue weighted by atomic mass is 10.0. The first-order chi connectivity index (χ1) is 14.0. The van der Waals surface area contributed by atoms with E-state index in [0.29, 0.717) is 32.0 Å². The highest BCUT2D eigenvalue weighted by molar-refractivity contribution is 7.89. The highest BCUT2D eigenvalue weighted by Crippen LogP contribution is 2.16. The second-order valence-corrected chi connectivity index (χ2v) is 9.97. The van der Waals surface area contributed by atoms with Crippen LogP contribution in [0.3, 0.4) is 0 Å². The maximum Gasteiger partial charge on any atom is 0.214 e. The number of aliphatic imine (C=N–C) groups is 1. The van der Waals surface area contributed by atoms with Crippen molar-refractivity contribution in [3.8, 4) is 0 Å². The number of sulfonamides is 1. The van der Waals surface area contributed by atoms with Crippen molar-refractivity contribution >= 4 is 16.0 Å². The van der Waals surface area contributed by atoms with Crippen molar-refractivity contribution in [1.82, 2.24) is 14.9 Å². The van der Waals surface area contributed by atoms with Gasteiger partial charge in [0.2, 0.25) is 10.0 Å². The van der Waals surface area contributed by atoms with Gasteiger partial charge in [-0.3, -0.25) is 4.99 Å². The minimum absolute atomic E-state index is 0.242. The van der Waals surface area contributed by atoms with E-state index in [0.717, 1.165) is 71.0 Å². The van der Waals surface area contributed by atoms with E-state index in [1.54, 1.807) is 4.31 Å². The van der Waals surface area contributed by atoms with Crippen molar-refractivity contribution in [2.45, 2.75) is 58.4 Å². The molecular formula is C20H40N4O4S. The smallest absolute Gasteiger partial charge is 0.214 e. The Hall–Kier alpha value is -0.900. The van der Waals surface area contributed by atoms with Gasteiger partial charge in [-0.2, -0.15) is 0 Å². The van der Waals surface area contributed by atoms with Crippen LogP contribution in [-0.4, -0.2) is 83.1 Å². The molecule has 29 heavy (non-hydrogen) atoms. The molecule has 0 aromatic carbocycles. The summed E-state index contributed by atoms with van der Waals surface area (Å²) in [5, 5.41) is 6.75. The highest BCUT2D eigenvalue weighted by atomic mass is 32.2. The number of hydrogen-bond acceptors (Lipinski definition) is 5. The summed E-state index contributed by atoms with van der Waals surface area (Å²) in [7, 11) is -3.09. The van der Waals surface area contributed by atoms with Crippen LogP contribution in [0.4, 0.5) is 0 Å². The molecule has 0 aromatic heterocycles. The second-order valence-electron chi connectivity index (χ2n) is 7.88. The van der Waals surface area contributed by atoms with E-state index in [1.807, 2.05) is 13.8 Å². The number of ether oxygens (including phenoxy) is 2. The maximum absolute atomic E-state index is 12.2. The minimum atomic E-state index is -3.09. The van der Waals surface area contributed by atoms with E-state index in [2.05, 4.69) is 15.6 Å². The van der Waals surface area contributed by atoms with Crippen LogP contribution >= 0.6 is 0 Å². The van der Waals surface area contributed by atoms with Crippen LogP contribution in [0.5, 0.6) is 0 Å². The van der Waals surface area contributed by atoms with Gasteiger partial charge in [-0.05, 0) is 51.4 Å². The van der Waals surface area contributed by atoms with Crippen molar-refractivity contribution in [1.29, 1.82) is 0 Å². The third-order valence-corrected chi connectivity index (χ3v) is 7.48. The van der Waals surface area contributed by atoms with Gasteiger partial charge in [-0.1, -0.05) is 6.92 Å². The zero-order valence-corrected chi connectivity index (χ0v) is 19.0. The van der Waals surface area contributed by atoms with E-state index >= 15 is 0 Å². The van der Waals surface area contributed by atoms with Crippen LogP contribution in [0.25, 0.3) is 0 Å². The van der Waals surface area contributed by atoms with E-state index in [-0.39, 0.29) is 11.8 Å². The number of hydrogen-bond donors (Lipinski definition) is 2. The Bertz CT molecular complexity index is 571. The van der Waals surface area contributed by atoms with Crippen LogP contribution in [0.15, 0.2) is 4.99 Å². The summed E-state index contributed by atoms with van der Waals surface area (Å²) in [5.74, 6) is 1.69. The molecule has 0 atom stereocenters. The first-order valence-electron chi connectivity index (χ1n) is 11.2. The second kappa shape index (κ2) is 13.4. The molecular weight excluding hydrogens is 392 g/mol. The first kappa shape index (κ1) is 24.4. The molecule has 0 bridgehead atoms. The molecule has 2 aliphatic rings. The van der Waals surface area contributed by atoms with Gasteiger partial charge in [0.15, 0.2) is 5.96 Å². The molecule has 2 saturated heterocycles. The quantitative estimate of drug-likeness (QED) is 0.293. The minimum Gasteiger partial charge on any atom is -0.381 e. The van der Waals surface area contributed by atoms with Crippen molar-refractivity contribution in [3.63, 3.8) is 0 Å². The first-order valence-corrected chi connectivity index (χ1v) is 12.8. The predicted molar refractivity (Wildman–Crippen MR) is 117 cm³/mol. The fraction of sp³-hybridized carbons (Fsp3) is 0.950. The number of rotatable bonds is 11. The summed E-state index contributed by atoms with van der Waals surface area (Å²) in [6.45, 7) is 9.91. The van der Waals surface area contributed by atoms with Gasteiger partial charge in [0.05, 0.1) is 5.75 Å². The van der Waals surface area contributed by atoms with Gasteiger partial charge in [0, 0.05) is 58.6 Å². The van der Waals surface area contributed by atoms with E-state index < -0.39 is 10.0 Å². The molecule has 8 nitrogen and oxygen atoms in total. The molecule has 0 aromatic rings. The predicted octanol–water partition coefficient (Wildman–Crippen LogP) is 1.58. The van der Waals surface area contributed by atoms with E-state index in [4.69, 9.17) is 9.47 Å². The third kappa shape index (κ3) is 9.19. The lowest BCUT2D eigenvalue weighted by Crippen LogP contribution is -2.50. The Morgan fingerprint density at radius 3 is 2.55 bits per heavy atom. The summed E-state index contributed by atoms with van der Waals surface area (Å²) >= 11 is 0. The summed E-state index contributed by atoms with van der Waals surface area (Å²) in [6, 6.07) is 0.255. The van der Waals surface area contributed by atoms with Crippen molar-refractivity contribution in [2.24, 2.45) is 10.9 Å². The molecule has 9 heteroatoms. The summed E-state index contributed by atoms with van der Waals surface area (Å²) in [6.07, 6.45) is 5.38. The molecule has 0 amide bonds. The average Bonchev–Trinajstić information content (AvgIpc) is 2.72. The molecule has 2 aliphatic heterocycles. The van der Waals surface area contributed by atoms with Crippen LogP contribution in [-0.2, 0) is 19.5 Å². The molecule has 2 fully saturated rings. The fourth-order valence-electron chi connectivity index (χ4n) is 3.70. The molecule has 0 saturated carbocycles. The molecule has 0 aliphatic carbocycles. The van der Waals surface area contributed by atoms with Crippen LogP contribution < -0.4 is 10.6 Å². The molecule has 170 valence electrons. The molecule has 0 spiro atoms. The fourth-order valence-corrected chi connectivity index (χ4v) is 5.24. The Morgan fingerprint density at radius 1 is 1.17 bits per heavy atom. The molecule has 0 unspecified atom stereocenters. The average molecular weight is 433 g/mol. The largest absolute Gasteiger partial charge is 0.381 e. The Balaban J connectivity index is 1.65. The molecule has 2 rings (SSSR count). The summed E-state index contributed by atoms with van der Waals surface area (Å²) in [4.78, 5) is 4.65. The van der Waals surface area contributed by atoms with E-state index in [9.17, 15) is 8.42 Å².